The van der Waals surface area contributed by atoms with Crippen molar-refractivity contribution in [2.45, 2.75) is 6.92 Å². The maximum Gasteiger partial charge on any atom is 0.171 e. The van der Waals surface area contributed by atoms with Gasteiger partial charge in [0.25, 0.3) is 0 Å². The molecule has 0 saturated carbocycles. The molecule has 3 nitrogen and oxygen atoms in total. The lowest BCUT2D eigenvalue weighted by Gasteiger charge is -2.13. The van der Waals surface area contributed by atoms with E-state index >= 15 is 0 Å². The van der Waals surface area contributed by atoms with Crippen molar-refractivity contribution in [2.24, 2.45) is 5.73 Å². The third-order valence-electron chi connectivity index (χ3n) is 1.79. The summed E-state index contributed by atoms with van der Waals surface area (Å²) in [5, 5.41) is 0. The number of nitrogens with two attached hydrogens (primary N) is 1. The lowest BCUT2D eigenvalue weighted by molar-refractivity contribution is 0.310. The van der Waals surface area contributed by atoms with Crippen molar-refractivity contribution in [3.63, 3.8) is 0 Å². The summed E-state index contributed by atoms with van der Waals surface area (Å²) in [7, 11) is 1.58. The van der Waals surface area contributed by atoms with Gasteiger partial charge in [0, 0.05) is 4.47 Å². The topological polar surface area (TPSA) is 44.5 Å². The zero-order valence-corrected chi connectivity index (χ0v) is 10.9. The summed E-state index contributed by atoms with van der Waals surface area (Å²) in [6, 6.07) is 3.63. The molecule has 5 heteroatoms. The van der Waals surface area contributed by atoms with Gasteiger partial charge in [-0.1, -0.05) is 28.1 Å². The van der Waals surface area contributed by atoms with E-state index in [1.807, 2.05) is 19.1 Å². The van der Waals surface area contributed by atoms with Crippen LogP contribution in [0.15, 0.2) is 16.6 Å². The Kier molecular flexibility index (Phi) is 4.35. The number of ether oxygens (including phenoxy) is 2. The molecule has 0 aliphatic carbocycles. The van der Waals surface area contributed by atoms with Crippen molar-refractivity contribution in [3.05, 3.63) is 22.2 Å². The number of halogens is 1. The number of rotatable bonds is 4. The third kappa shape index (κ3) is 2.82. The molecule has 2 N–H and O–H groups in total. The van der Waals surface area contributed by atoms with E-state index in [0.29, 0.717) is 23.7 Å². The Hall–Kier alpha value is -0.810. The minimum atomic E-state index is 0.290. The summed E-state index contributed by atoms with van der Waals surface area (Å²) in [6.07, 6.45) is 0. The zero-order valence-electron chi connectivity index (χ0n) is 8.54. The van der Waals surface area contributed by atoms with Crippen LogP contribution in [0.4, 0.5) is 0 Å². The van der Waals surface area contributed by atoms with Crippen LogP contribution in [0.25, 0.3) is 0 Å². The van der Waals surface area contributed by atoms with Gasteiger partial charge in [0.1, 0.15) is 4.99 Å². The Labute approximate surface area is 103 Å². The molecule has 0 radical (unpaired) electrons. The molecule has 0 aliphatic rings. The maximum atomic E-state index is 5.61. The maximum absolute atomic E-state index is 5.61. The Morgan fingerprint density at radius 2 is 2.20 bits per heavy atom. The van der Waals surface area contributed by atoms with Crippen LogP contribution in [0.2, 0.25) is 0 Å². The predicted octanol–water partition coefficient (Wildman–Crippen LogP) is 2.49. The highest BCUT2D eigenvalue weighted by atomic mass is 79.9. The van der Waals surface area contributed by atoms with E-state index in [9.17, 15) is 0 Å². The second-order valence-corrected chi connectivity index (χ2v) is 4.14. The van der Waals surface area contributed by atoms with Gasteiger partial charge >= 0.3 is 0 Å². The van der Waals surface area contributed by atoms with Crippen molar-refractivity contribution >= 4 is 33.1 Å². The van der Waals surface area contributed by atoms with E-state index in [1.165, 1.54) is 0 Å². The molecule has 0 amide bonds. The second kappa shape index (κ2) is 5.32. The van der Waals surface area contributed by atoms with E-state index in [1.54, 1.807) is 7.11 Å². The molecule has 1 rings (SSSR count). The largest absolute Gasteiger partial charge is 0.493 e. The van der Waals surface area contributed by atoms with Crippen LogP contribution in [0.5, 0.6) is 11.5 Å². The number of thiocarbonyl (C=S) groups is 1. The SMILES string of the molecule is CCOc1c(OC)cc(Br)cc1C(N)=S. The summed E-state index contributed by atoms with van der Waals surface area (Å²) in [5.74, 6) is 1.21. The number of hydrogen-bond acceptors (Lipinski definition) is 3. The quantitative estimate of drug-likeness (QED) is 0.865. The molecule has 0 aromatic heterocycles. The number of methoxy groups -OCH3 is 1. The Balaban J connectivity index is 3.33. The van der Waals surface area contributed by atoms with Crippen molar-refractivity contribution in [1.29, 1.82) is 0 Å². The molecule has 0 aliphatic heterocycles. The predicted molar refractivity (Wildman–Crippen MR) is 67.8 cm³/mol. The molecule has 82 valence electrons. The molecular formula is C10H12BrNO2S. The Bertz CT molecular complexity index is 382. The molecule has 1 aromatic rings. The van der Waals surface area contributed by atoms with Crippen LogP contribution in [0.1, 0.15) is 12.5 Å². The van der Waals surface area contributed by atoms with E-state index < -0.39 is 0 Å². The number of benzene rings is 1. The standard InChI is InChI=1S/C10H12BrNO2S/c1-3-14-9-7(10(12)15)4-6(11)5-8(9)13-2/h4-5H,3H2,1-2H3,(H2,12,15). The Morgan fingerprint density at radius 3 is 2.67 bits per heavy atom. The van der Waals surface area contributed by atoms with Gasteiger partial charge in [0.05, 0.1) is 19.3 Å². The molecule has 1 aromatic carbocycles. The van der Waals surface area contributed by atoms with Crippen LogP contribution in [-0.2, 0) is 0 Å². The van der Waals surface area contributed by atoms with Crippen molar-refractivity contribution < 1.29 is 9.47 Å². The molecule has 0 saturated heterocycles. The van der Waals surface area contributed by atoms with Gasteiger partial charge in [-0.25, -0.2) is 0 Å². The molecule has 0 fully saturated rings. The van der Waals surface area contributed by atoms with Gasteiger partial charge in [-0.15, -0.1) is 0 Å². The Morgan fingerprint density at radius 1 is 1.53 bits per heavy atom. The first-order chi connectivity index (χ1) is 7.10. The van der Waals surface area contributed by atoms with E-state index in [-0.39, 0.29) is 4.99 Å². The van der Waals surface area contributed by atoms with Gasteiger partial charge in [-0.05, 0) is 19.1 Å². The highest BCUT2D eigenvalue weighted by Gasteiger charge is 2.13. The number of hydrogen-bond donors (Lipinski definition) is 1. The first-order valence-electron chi connectivity index (χ1n) is 4.40. The fourth-order valence-electron chi connectivity index (χ4n) is 1.20. The van der Waals surface area contributed by atoms with Gasteiger partial charge in [-0.2, -0.15) is 0 Å². The molecule has 0 heterocycles. The van der Waals surface area contributed by atoms with E-state index in [4.69, 9.17) is 27.4 Å². The van der Waals surface area contributed by atoms with Crippen molar-refractivity contribution in [1.82, 2.24) is 0 Å². The van der Waals surface area contributed by atoms with E-state index in [0.717, 1.165) is 4.47 Å². The lowest BCUT2D eigenvalue weighted by atomic mass is 10.2. The molecular weight excluding hydrogens is 278 g/mol. The molecule has 0 atom stereocenters. The summed E-state index contributed by atoms with van der Waals surface area (Å²) < 4.78 is 11.5. The normalized spacial score (nSPS) is 9.80. The summed E-state index contributed by atoms with van der Waals surface area (Å²) in [4.78, 5) is 0.290. The molecule has 15 heavy (non-hydrogen) atoms. The van der Waals surface area contributed by atoms with Gasteiger partial charge in [-0.3, -0.25) is 0 Å². The van der Waals surface area contributed by atoms with Gasteiger partial charge in [0.15, 0.2) is 11.5 Å². The summed E-state index contributed by atoms with van der Waals surface area (Å²) in [6.45, 7) is 2.43. The smallest absolute Gasteiger partial charge is 0.171 e. The summed E-state index contributed by atoms with van der Waals surface area (Å²) in [5.41, 5.74) is 6.29. The fourth-order valence-corrected chi connectivity index (χ4v) is 1.78. The highest BCUT2D eigenvalue weighted by Crippen LogP contribution is 2.34. The average molecular weight is 290 g/mol. The average Bonchev–Trinajstić information content (AvgIpc) is 2.19. The molecule has 0 spiro atoms. The third-order valence-corrected chi connectivity index (χ3v) is 2.47. The van der Waals surface area contributed by atoms with Gasteiger partial charge in [0.2, 0.25) is 0 Å². The second-order valence-electron chi connectivity index (χ2n) is 2.78. The molecule has 0 bridgehead atoms. The van der Waals surface area contributed by atoms with Crippen LogP contribution >= 0.6 is 28.1 Å². The summed E-state index contributed by atoms with van der Waals surface area (Å²) >= 11 is 8.31. The zero-order chi connectivity index (χ0) is 11.4. The van der Waals surface area contributed by atoms with Crippen molar-refractivity contribution in [2.75, 3.05) is 13.7 Å². The first-order valence-corrected chi connectivity index (χ1v) is 5.60. The first kappa shape index (κ1) is 12.3. The van der Waals surface area contributed by atoms with Crippen LogP contribution in [0.3, 0.4) is 0 Å². The highest BCUT2D eigenvalue weighted by molar-refractivity contribution is 9.10. The minimum absolute atomic E-state index is 0.290. The van der Waals surface area contributed by atoms with Gasteiger partial charge < -0.3 is 15.2 Å². The lowest BCUT2D eigenvalue weighted by Crippen LogP contribution is -2.12. The van der Waals surface area contributed by atoms with Crippen LogP contribution < -0.4 is 15.2 Å². The van der Waals surface area contributed by atoms with Crippen LogP contribution in [-0.4, -0.2) is 18.7 Å². The minimum Gasteiger partial charge on any atom is -0.493 e. The van der Waals surface area contributed by atoms with Crippen LogP contribution in [0, 0.1) is 0 Å². The molecule has 0 unspecified atom stereocenters. The fraction of sp³-hybridized carbons (Fsp3) is 0.300. The van der Waals surface area contributed by atoms with Crippen molar-refractivity contribution in [3.8, 4) is 11.5 Å². The monoisotopic (exact) mass is 289 g/mol. The van der Waals surface area contributed by atoms with E-state index in [2.05, 4.69) is 15.9 Å².